The van der Waals surface area contributed by atoms with Crippen molar-refractivity contribution in [3.63, 3.8) is 0 Å². The lowest BCUT2D eigenvalue weighted by molar-refractivity contribution is -0.132. The van der Waals surface area contributed by atoms with Crippen LogP contribution >= 0.6 is 0 Å². The third-order valence-electron chi connectivity index (χ3n) is 4.13. The second-order valence-corrected chi connectivity index (χ2v) is 5.99. The van der Waals surface area contributed by atoms with E-state index in [1.165, 1.54) is 0 Å². The number of ether oxygens (including phenoxy) is 1. The fraction of sp³-hybridized carbons (Fsp3) is 0.444. The molecule has 0 spiro atoms. The van der Waals surface area contributed by atoms with Crippen molar-refractivity contribution < 1.29 is 9.53 Å². The molecule has 0 aliphatic rings. The molecule has 0 radical (unpaired) electrons. The van der Waals surface area contributed by atoms with E-state index in [1.54, 1.807) is 18.2 Å². The van der Waals surface area contributed by atoms with E-state index in [-0.39, 0.29) is 17.9 Å². The SMILES string of the molecule is COc1ccccc1[C@@H](C)N(C)C(=O)Cn1ccnc1C(C)C. The van der Waals surface area contributed by atoms with Crippen LogP contribution in [0.2, 0.25) is 0 Å². The van der Waals surface area contributed by atoms with Crippen LogP contribution in [0.4, 0.5) is 0 Å². The molecule has 0 aliphatic carbocycles. The van der Waals surface area contributed by atoms with Crippen LogP contribution < -0.4 is 4.74 Å². The highest BCUT2D eigenvalue weighted by atomic mass is 16.5. The molecule has 1 amide bonds. The van der Waals surface area contributed by atoms with Crippen LogP contribution in [0, 0.1) is 0 Å². The first-order valence-corrected chi connectivity index (χ1v) is 7.85. The molecule has 5 nitrogen and oxygen atoms in total. The van der Waals surface area contributed by atoms with Gasteiger partial charge in [-0.15, -0.1) is 0 Å². The summed E-state index contributed by atoms with van der Waals surface area (Å²) in [5.74, 6) is 2.06. The Kier molecular flexibility index (Phi) is 5.42. The first-order valence-electron chi connectivity index (χ1n) is 7.85. The topological polar surface area (TPSA) is 47.4 Å². The minimum Gasteiger partial charge on any atom is -0.496 e. The van der Waals surface area contributed by atoms with Crippen LogP contribution in [0.3, 0.4) is 0 Å². The molecule has 5 heteroatoms. The maximum absolute atomic E-state index is 12.6. The van der Waals surface area contributed by atoms with Crippen LogP contribution in [-0.4, -0.2) is 34.5 Å². The number of carbonyl (C=O) groups excluding carboxylic acids is 1. The Bertz CT molecular complexity index is 664. The lowest BCUT2D eigenvalue weighted by Crippen LogP contribution is -2.33. The lowest BCUT2D eigenvalue weighted by Gasteiger charge is -2.27. The van der Waals surface area contributed by atoms with Gasteiger partial charge in [0.15, 0.2) is 0 Å². The first-order chi connectivity index (χ1) is 11.0. The molecular weight excluding hydrogens is 290 g/mol. The highest BCUT2D eigenvalue weighted by Gasteiger charge is 2.21. The van der Waals surface area contributed by atoms with Gasteiger partial charge in [-0.2, -0.15) is 0 Å². The number of imidazole rings is 1. The van der Waals surface area contributed by atoms with E-state index in [4.69, 9.17) is 4.74 Å². The third kappa shape index (κ3) is 3.73. The maximum atomic E-state index is 12.6. The number of aromatic nitrogens is 2. The number of para-hydroxylation sites is 1. The van der Waals surface area contributed by atoms with Gasteiger partial charge < -0.3 is 14.2 Å². The summed E-state index contributed by atoms with van der Waals surface area (Å²) < 4.78 is 7.31. The van der Waals surface area contributed by atoms with Gasteiger partial charge in [-0.05, 0) is 13.0 Å². The average molecular weight is 315 g/mol. The van der Waals surface area contributed by atoms with Gasteiger partial charge in [-0.25, -0.2) is 4.98 Å². The number of likely N-dealkylation sites (N-methyl/N-ethyl adjacent to an activating group) is 1. The van der Waals surface area contributed by atoms with Gasteiger partial charge in [-0.3, -0.25) is 4.79 Å². The normalized spacial score (nSPS) is 12.3. The summed E-state index contributed by atoms with van der Waals surface area (Å²) in [7, 11) is 3.47. The summed E-state index contributed by atoms with van der Waals surface area (Å²) in [5, 5.41) is 0. The largest absolute Gasteiger partial charge is 0.496 e. The molecule has 0 saturated carbocycles. The van der Waals surface area contributed by atoms with E-state index in [2.05, 4.69) is 18.8 Å². The number of nitrogens with zero attached hydrogens (tertiary/aromatic N) is 3. The quantitative estimate of drug-likeness (QED) is 0.822. The number of hydrogen-bond donors (Lipinski definition) is 0. The fourth-order valence-electron chi connectivity index (χ4n) is 2.65. The molecular formula is C18H25N3O2. The number of rotatable bonds is 6. The number of hydrogen-bond acceptors (Lipinski definition) is 3. The summed E-state index contributed by atoms with van der Waals surface area (Å²) >= 11 is 0. The molecule has 2 rings (SSSR count). The van der Waals surface area contributed by atoms with Crippen molar-refractivity contribution in [2.24, 2.45) is 0 Å². The molecule has 0 bridgehead atoms. The lowest BCUT2D eigenvalue weighted by atomic mass is 10.1. The standard InChI is InChI=1S/C18H25N3O2/c1-13(2)18-19-10-11-21(18)12-17(22)20(4)14(3)15-8-6-7-9-16(15)23-5/h6-11,13-14H,12H2,1-5H3/t14-/m1/s1. The molecule has 0 N–H and O–H groups in total. The van der Waals surface area contributed by atoms with Gasteiger partial charge in [-0.1, -0.05) is 32.0 Å². The first kappa shape index (κ1) is 17.1. The molecule has 0 aliphatic heterocycles. The number of amides is 1. The zero-order valence-corrected chi connectivity index (χ0v) is 14.5. The fourth-order valence-corrected chi connectivity index (χ4v) is 2.65. The Balaban J connectivity index is 2.14. The van der Waals surface area contributed by atoms with E-state index in [9.17, 15) is 4.79 Å². The molecule has 23 heavy (non-hydrogen) atoms. The second-order valence-electron chi connectivity index (χ2n) is 5.99. The van der Waals surface area contributed by atoms with Crippen molar-refractivity contribution in [2.75, 3.05) is 14.2 Å². The van der Waals surface area contributed by atoms with Crippen LogP contribution in [-0.2, 0) is 11.3 Å². The van der Waals surface area contributed by atoms with Crippen molar-refractivity contribution in [1.82, 2.24) is 14.5 Å². The average Bonchev–Trinajstić information content (AvgIpc) is 3.01. The number of benzene rings is 1. The van der Waals surface area contributed by atoms with Gasteiger partial charge in [0.05, 0.1) is 13.2 Å². The highest BCUT2D eigenvalue weighted by molar-refractivity contribution is 5.76. The number of methoxy groups -OCH3 is 1. The zero-order valence-electron chi connectivity index (χ0n) is 14.5. The predicted molar refractivity (Wildman–Crippen MR) is 90.5 cm³/mol. The minimum absolute atomic E-state index is 0.0447. The Morgan fingerprint density at radius 3 is 2.65 bits per heavy atom. The van der Waals surface area contributed by atoms with E-state index < -0.39 is 0 Å². The van der Waals surface area contributed by atoms with Gasteiger partial charge in [0, 0.05) is 30.9 Å². The molecule has 1 heterocycles. The summed E-state index contributed by atoms with van der Waals surface area (Å²) in [5.41, 5.74) is 1.00. The van der Waals surface area contributed by atoms with Crippen molar-refractivity contribution in [3.05, 3.63) is 48.0 Å². The van der Waals surface area contributed by atoms with Crippen molar-refractivity contribution >= 4 is 5.91 Å². The molecule has 1 aromatic heterocycles. The summed E-state index contributed by atoms with van der Waals surface area (Å²) in [6, 6.07) is 7.72. The molecule has 0 fully saturated rings. The van der Waals surface area contributed by atoms with Crippen LogP contribution in [0.15, 0.2) is 36.7 Å². The number of carbonyl (C=O) groups is 1. The van der Waals surface area contributed by atoms with Gasteiger partial charge in [0.25, 0.3) is 0 Å². The third-order valence-corrected chi connectivity index (χ3v) is 4.13. The molecule has 2 aromatic rings. The predicted octanol–water partition coefficient (Wildman–Crippen LogP) is 3.23. The van der Waals surface area contributed by atoms with Crippen LogP contribution in [0.5, 0.6) is 5.75 Å². The second kappa shape index (κ2) is 7.31. The molecule has 1 aromatic carbocycles. The Hall–Kier alpha value is -2.30. The zero-order chi connectivity index (χ0) is 17.0. The van der Waals surface area contributed by atoms with Gasteiger partial charge in [0.2, 0.25) is 5.91 Å². The molecule has 0 unspecified atom stereocenters. The van der Waals surface area contributed by atoms with Gasteiger partial charge >= 0.3 is 0 Å². The summed E-state index contributed by atoms with van der Waals surface area (Å²) in [4.78, 5) is 18.7. The molecule has 0 saturated heterocycles. The van der Waals surface area contributed by atoms with Crippen LogP contribution in [0.25, 0.3) is 0 Å². The monoisotopic (exact) mass is 315 g/mol. The minimum atomic E-state index is -0.0651. The summed E-state index contributed by atoms with van der Waals surface area (Å²) in [6.45, 7) is 6.45. The smallest absolute Gasteiger partial charge is 0.242 e. The Morgan fingerprint density at radius 2 is 2.00 bits per heavy atom. The van der Waals surface area contributed by atoms with E-state index in [0.717, 1.165) is 17.1 Å². The molecule has 1 atom stereocenters. The van der Waals surface area contributed by atoms with Crippen molar-refractivity contribution in [2.45, 2.75) is 39.3 Å². The molecule has 124 valence electrons. The van der Waals surface area contributed by atoms with Crippen molar-refractivity contribution in [3.8, 4) is 5.75 Å². The van der Waals surface area contributed by atoms with Crippen molar-refractivity contribution in [1.29, 1.82) is 0 Å². The summed E-state index contributed by atoms with van der Waals surface area (Å²) in [6.07, 6.45) is 3.60. The Morgan fingerprint density at radius 1 is 1.30 bits per heavy atom. The van der Waals surface area contributed by atoms with E-state index in [1.807, 2.05) is 49.0 Å². The van der Waals surface area contributed by atoms with Gasteiger partial charge in [0.1, 0.15) is 18.1 Å². The van der Waals surface area contributed by atoms with E-state index in [0.29, 0.717) is 6.54 Å². The van der Waals surface area contributed by atoms with E-state index >= 15 is 0 Å². The van der Waals surface area contributed by atoms with Crippen LogP contribution in [0.1, 0.15) is 44.1 Å². The maximum Gasteiger partial charge on any atom is 0.242 e. The highest BCUT2D eigenvalue weighted by Crippen LogP contribution is 2.28. The Labute approximate surface area is 137 Å².